The molecule has 2 aromatic rings. The van der Waals surface area contributed by atoms with E-state index in [9.17, 15) is 19.1 Å². The Kier molecular flexibility index (Phi) is 7.53. The number of aliphatic hydroxyl groups is 1. The number of nitrogens with zero attached hydrogens (tertiary/aromatic N) is 1. The summed E-state index contributed by atoms with van der Waals surface area (Å²) in [6, 6.07) is 10.4. The van der Waals surface area contributed by atoms with Crippen molar-refractivity contribution in [3.05, 3.63) is 70.5 Å². The summed E-state index contributed by atoms with van der Waals surface area (Å²) in [5.41, 5.74) is 1.68. The maximum atomic E-state index is 14.0. The molecule has 2 aromatic carbocycles. The molecule has 1 aliphatic rings. The van der Waals surface area contributed by atoms with Crippen molar-refractivity contribution in [2.45, 2.75) is 45.8 Å². The van der Waals surface area contributed by atoms with Crippen molar-refractivity contribution in [2.75, 3.05) is 20.3 Å². The Morgan fingerprint density at radius 1 is 1.09 bits per heavy atom. The van der Waals surface area contributed by atoms with Crippen molar-refractivity contribution < 1.29 is 28.6 Å². The number of hydrogen-bond donors (Lipinski definition) is 1. The lowest BCUT2D eigenvalue weighted by molar-refractivity contribution is -0.140. The van der Waals surface area contributed by atoms with Crippen molar-refractivity contribution >= 4 is 17.4 Å². The quantitative estimate of drug-likeness (QED) is 0.351. The van der Waals surface area contributed by atoms with Gasteiger partial charge in [-0.05, 0) is 49.1 Å². The number of benzene rings is 2. The van der Waals surface area contributed by atoms with Crippen molar-refractivity contribution in [3.8, 4) is 5.75 Å². The first kappa shape index (κ1) is 24.5. The zero-order chi connectivity index (χ0) is 24.3. The number of ketones is 1. The third-order valence-corrected chi connectivity index (χ3v) is 5.66. The van der Waals surface area contributed by atoms with Crippen LogP contribution in [0.25, 0.3) is 5.76 Å². The second kappa shape index (κ2) is 10.2. The third-order valence-electron chi connectivity index (χ3n) is 5.66. The van der Waals surface area contributed by atoms with Gasteiger partial charge in [0.25, 0.3) is 11.7 Å². The molecule has 1 fully saturated rings. The molecule has 6 nitrogen and oxygen atoms in total. The molecule has 1 heterocycles. The maximum absolute atomic E-state index is 14.0. The van der Waals surface area contributed by atoms with Gasteiger partial charge in [-0.3, -0.25) is 9.59 Å². The first-order valence-corrected chi connectivity index (χ1v) is 11.0. The van der Waals surface area contributed by atoms with Crippen molar-refractivity contribution in [1.82, 2.24) is 4.90 Å². The summed E-state index contributed by atoms with van der Waals surface area (Å²) in [4.78, 5) is 27.5. The van der Waals surface area contributed by atoms with Crippen LogP contribution in [0, 0.1) is 5.82 Å². The zero-order valence-electron chi connectivity index (χ0n) is 19.6. The van der Waals surface area contributed by atoms with Gasteiger partial charge in [0, 0.05) is 6.54 Å². The highest BCUT2D eigenvalue weighted by molar-refractivity contribution is 6.46. The van der Waals surface area contributed by atoms with Crippen LogP contribution in [-0.2, 0) is 14.3 Å². The minimum atomic E-state index is -0.838. The second-order valence-electron chi connectivity index (χ2n) is 8.58. The van der Waals surface area contributed by atoms with E-state index in [1.54, 1.807) is 0 Å². The fourth-order valence-corrected chi connectivity index (χ4v) is 3.92. The van der Waals surface area contributed by atoms with Crippen LogP contribution in [0.1, 0.15) is 56.3 Å². The number of rotatable bonds is 8. The molecule has 3 rings (SSSR count). The van der Waals surface area contributed by atoms with E-state index in [1.807, 2.05) is 38.1 Å². The number of Topliss-reactive ketones (excluding diaryl/α,β-unsaturated/α-hetero) is 1. The van der Waals surface area contributed by atoms with Crippen LogP contribution < -0.4 is 4.74 Å². The molecule has 1 aliphatic heterocycles. The van der Waals surface area contributed by atoms with E-state index >= 15 is 0 Å². The number of ether oxygens (including phenoxy) is 2. The van der Waals surface area contributed by atoms with Crippen molar-refractivity contribution in [2.24, 2.45) is 0 Å². The molecule has 1 unspecified atom stereocenters. The molecule has 0 spiro atoms. The van der Waals surface area contributed by atoms with Gasteiger partial charge in [-0.2, -0.15) is 0 Å². The van der Waals surface area contributed by atoms with Crippen LogP contribution in [0.3, 0.4) is 0 Å². The summed E-state index contributed by atoms with van der Waals surface area (Å²) in [6.07, 6.45) is -0.0397. The molecule has 1 N–H and O–H groups in total. The van der Waals surface area contributed by atoms with Gasteiger partial charge < -0.3 is 19.5 Å². The summed E-state index contributed by atoms with van der Waals surface area (Å²) < 4.78 is 24.9. The Bertz CT molecular complexity index is 1060. The number of methoxy groups -OCH3 is 1. The molecule has 7 heteroatoms. The lowest BCUT2D eigenvalue weighted by Gasteiger charge is -2.26. The van der Waals surface area contributed by atoms with E-state index in [0.717, 1.165) is 11.6 Å². The van der Waals surface area contributed by atoms with E-state index in [-0.39, 0.29) is 36.1 Å². The second-order valence-corrected chi connectivity index (χ2v) is 8.58. The van der Waals surface area contributed by atoms with Gasteiger partial charge in [0.1, 0.15) is 17.3 Å². The largest absolute Gasteiger partial charge is 0.507 e. The van der Waals surface area contributed by atoms with Crippen LogP contribution in [0.5, 0.6) is 5.75 Å². The van der Waals surface area contributed by atoms with Crippen LogP contribution >= 0.6 is 0 Å². The van der Waals surface area contributed by atoms with Crippen LogP contribution in [0.15, 0.2) is 48.0 Å². The van der Waals surface area contributed by atoms with Crippen LogP contribution in [0.4, 0.5) is 4.39 Å². The average Bonchev–Trinajstić information content (AvgIpc) is 3.03. The lowest BCUT2D eigenvalue weighted by Crippen LogP contribution is -2.33. The van der Waals surface area contributed by atoms with Crippen molar-refractivity contribution in [1.29, 1.82) is 0 Å². The standard InChI is InChI=1S/C26H30FNO5/c1-15(2)17-6-8-18(9-7-17)23-22(24(29)20-14-19(27)10-11-21(20)32-5)25(30)26(31)28(23)12-13-33-16(3)4/h6-11,14-16,23,29H,12-13H2,1-5H3/b24-22+. The van der Waals surface area contributed by atoms with Crippen LogP contribution in [0.2, 0.25) is 0 Å². The summed E-state index contributed by atoms with van der Waals surface area (Å²) >= 11 is 0. The molecular formula is C26H30FNO5. The number of hydrogen-bond acceptors (Lipinski definition) is 5. The summed E-state index contributed by atoms with van der Waals surface area (Å²) in [5, 5.41) is 11.2. The molecule has 1 atom stereocenters. The first-order chi connectivity index (χ1) is 15.6. The lowest BCUT2D eigenvalue weighted by atomic mass is 9.93. The van der Waals surface area contributed by atoms with Crippen LogP contribution in [-0.4, -0.2) is 48.1 Å². The topological polar surface area (TPSA) is 76.1 Å². The zero-order valence-corrected chi connectivity index (χ0v) is 19.6. The summed E-state index contributed by atoms with van der Waals surface area (Å²) in [7, 11) is 1.38. The molecule has 0 aliphatic carbocycles. The Balaban J connectivity index is 2.15. The van der Waals surface area contributed by atoms with E-state index in [2.05, 4.69) is 13.8 Å². The predicted octanol–water partition coefficient (Wildman–Crippen LogP) is 4.80. The van der Waals surface area contributed by atoms with E-state index in [0.29, 0.717) is 11.5 Å². The normalized spacial score (nSPS) is 17.9. The number of halogens is 1. The third kappa shape index (κ3) is 5.09. The number of likely N-dealkylation sites (tertiary alicyclic amines) is 1. The first-order valence-electron chi connectivity index (χ1n) is 11.0. The highest BCUT2D eigenvalue weighted by Crippen LogP contribution is 2.41. The molecule has 1 saturated heterocycles. The number of amides is 1. The monoisotopic (exact) mass is 455 g/mol. The predicted molar refractivity (Wildman–Crippen MR) is 124 cm³/mol. The SMILES string of the molecule is COc1ccc(F)cc1/C(O)=C1\C(=O)C(=O)N(CCOC(C)C)C1c1ccc(C(C)C)cc1. The molecule has 33 heavy (non-hydrogen) atoms. The molecule has 176 valence electrons. The molecule has 0 bridgehead atoms. The smallest absolute Gasteiger partial charge is 0.295 e. The molecular weight excluding hydrogens is 425 g/mol. The van der Waals surface area contributed by atoms with Gasteiger partial charge in [0.2, 0.25) is 0 Å². The van der Waals surface area contributed by atoms with Gasteiger partial charge in [-0.15, -0.1) is 0 Å². The van der Waals surface area contributed by atoms with Gasteiger partial charge in [-0.25, -0.2) is 4.39 Å². The highest BCUT2D eigenvalue weighted by Gasteiger charge is 2.46. The molecule has 1 amide bonds. The number of carbonyl (C=O) groups excluding carboxylic acids is 2. The minimum absolute atomic E-state index is 0.0118. The molecule has 0 radical (unpaired) electrons. The Morgan fingerprint density at radius 3 is 2.33 bits per heavy atom. The highest BCUT2D eigenvalue weighted by atomic mass is 19.1. The fraction of sp³-hybridized carbons (Fsp3) is 0.385. The van der Waals surface area contributed by atoms with Gasteiger partial charge in [0.15, 0.2) is 0 Å². The van der Waals surface area contributed by atoms with Gasteiger partial charge in [0.05, 0.1) is 37.0 Å². The van der Waals surface area contributed by atoms with E-state index < -0.39 is 29.3 Å². The summed E-state index contributed by atoms with van der Waals surface area (Å²) in [5.74, 6) is -2.15. The number of carbonyl (C=O) groups is 2. The minimum Gasteiger partial charge on any atom is -0.507 e. The maximum Gasteiger partial charge on any atom is 0.295 e. The Morgan fingerprint density at radius 2 is 1.76 bits per heavy atom. The Labute approximate surface area is 193 Å². The van der Waals surface area contributed by atoms with Crippen molar-refractivity contribution in [3.63, 3.8) is 0 Å². The van der Waals surface area contributed by atoms with E-state index in [1.165, 1.54) is 24.1 Å². The fourth-order valence-electron chi connectivity index (χ4n) is 3.92. The van der Waals surface area contributed by atoms with Gasteiger partial charge in [-0.1, -0.05) is 38.1 Å². The Hall–Kier alpha value is -3.19. The molecule has 0 saturated carbocycles. The number of aliphatic hydroxyl groups excluding tert-OH is 1. The molecule has 0 aromatic heterocycles. The van der Waals surface area contributed by atoms with E-state index in [4.69, 9.17) is 9.47 Å². The summed E-state index contributed by atoms with van der Waals surface area (Å²) in [6.45, 7) is 8.30. The average molecular weight is 456 g/mol. The van der Waals surface area contributed by atoms with Gasteiger partial charge >= 0.3 is 0 Å².